The number of hydrogen-bond donors (Lipinski definition) is 2. The lowest BCUT2D eigenvalue weighted by atomic mass is 9.96. The molecule has 102 valence electrons. The highest BCUT2D eigenvalue weighted by Crippen LogP contribution is 2.37. The Bertz CT molecular complexity index is 405. The zero-order chi connectivity index (χ0) is 13.7. The molecule has 1 rings (SSSR count). The number of rotatable bonds is 6. The molecule has 0 saturated carbocycles. The Morgan fingerprint density at radius 3 is 2.39 bits per heavy atom. The third-order valence-electron chi connectivity index (χ3n) is 3.32. The number of ether oxygens (including phenoxy) is 2. The van der Waals surface area contributed by atoms with Crippen molar-refractivity contribution >= 4 is 0 Å². The zero-order valence-electron chi connectivity index (χ0n) is 11.6. The Morgan fingerprint density at radius 2 is 1.89 bits per heavy atom. The predicted molar refractivity (Wildman–Crippen MR) is 72.3 cm³/mol. The van der Waals surface area contributed by atoms with Crippen LogP contribution in [0.15, 0.2) is 6.07 Å². The van der Waals surface area contributed by atoms with Crippen LogP contribution in [0.25, 0.3) is 0 Å². The molecule has 0 aromatic heterocycles. The van der Waals surface area contributed by atoms with E-state index in [0.717, 1.165) is 34.6 Å². The van der Waals surface area contributed by atoms with E-state index in [9.17, 15) is 0 Å². The lowest BCUT2D eigenvalue weighted by Gasteiger charge is -2.20. The molecule has 0 aliphatic rings. The summed E-state index contributed by atoms with van der Waals surface area (Å²) in [5.74, 6) is 1.64. The molecular weight excluding hydrogens is 230 g/mol. The first-order valence-electron chi connectivity index (χ1n) is 6.15. The quantitative estimate of drug-likeness (QED) is 0.814. The molecule has 18 heavy (non-hydrogen) atoms. The number of aliphatic hydroxyl groups is 1. The van der Waals surface area contributed by atoms with Gasteiger partial charge in [-0.25, -0.2) is 0 Å². The summed E-state index contributed by atoms with van der Waals surface area (Å²) in [6.45, 7) is 4.15. The highest BCUT2D eigenvalue weighted by Gasteiger charge is 2.18. The van der Waals surface area contributed by atoms with Crippen LogP contribution in [0.5, 0.6) is 11.5 Å². The number of hydrogen-bond acceptors (Lipinski definition) is 4. The molecule has 0 bridgehead atoms. The van der Waals surface area contributed by atoms with Crippen molar-refractivity contribution in [2.24, 2.45) is 5.73 Å². The van der Waals surface area contributed by atoms with Gasteiger partial charge in [0.15, 0.2) is 0 Å². The Kier molecular flexibility index (Phi) is 5.44. The van der Waals surface area contributed by atoms with Gasteiger partial charge in [0.25, 0.3) is 0 Å². The summed E-state index contributed by atoms with van der Waals surface area (Å²) in [7, 11) is 3.30. The van der Waals surface area contributed by atoms with E-state index < -0.39 is 0 Å². The van der Waals surface area contributed by atoms with Crippen LogP contribution in [0.1, 0.15) is 35.6 Å². The second-order valence-electron chi connectivity index (χ2n) is 4.42. The molecule has 0 amide bonds. The molecule has 0 fully saturated rings. The molecule has 1 atom stereocenters. The molecule has 1 aromatic rings. The average Bonchev–Trinajstić information content (AvgIpc) is 2.38. The number of aliphatic hydroxyl groups excluding tert-OH is 1. The molecule has 0 spiro atoms. The van der Waals surface area contributed by atoms with E-state index in [1.165, 1.54) is 0 Å². The van der Waals surface area contributed by atoms with E-state index in [0.29, 0.717) is 6.42 Å². The predicted octanol–water partition coefficient (Wildman–Crippen LogP) is 2.09. The fourth-order valence-electron chi connectivity index (χ4n) is 2.11. The SMILES string of the molecule is COc1cc(C(N)CCCO)c(OC)c(C)c1C. The van der Waals surface area contributed by atoms with Crippen molar-refractivity contribution in [3.63, 3.8) is 0 Å². The van der Waals surface area contributed by atoms with Gasteiger partial charge in [-0.15, -0.1) is 0 Å². The van der Waals surface area contributed by atoms with Gasteiger partial charge in [0, 0.05) is 18.2 Å². The van der Waals surface area contributed by atoms with Crippen LogP contribution in [0.4, 0.5) is 0 Å². The van der Waals surface area contributed by atoms with Crippen molar-refractivity contribution in [3.8, 4) is 11.5 Å². The standard InChI is InChI=1S/C14H23NO3/c1-9-10(2)14(18-4)11(8-13(9)17-3)12(15)6-5-7-16/h8,12,16H,5-7,15H2,1-4H3. The van der Waals surface area contributed by atoms with Crippen molar-refractivity contribution in [2.75, 3.05) is 20.8 Å². The lowest BCUT2D eigenvalue weighted by Crippen LogP contribution is -2.13. The van der Waals surface area contributed by atoms with E-state index >= 15 is 0 Å². The first-order chi connectivity index (χ1) is 8.56. The zero-order valence-corrected chi connectivity index (χ0v) is 11.6. The molecule has 0 aliphatic carbocycles. The minimum atomic E-state index is -0.153. The van der Waals surface area contributed by atoms with E-state index in [4.69, 9.17) is 20.3 Å². The first-order valence-corrected chi connectivity index (χ1v) is 6.15. The number of benzene rings is 1. The van der Waals surface area contributed by atoms with Gasteiger partial charge in [-0.2, -0.15) is 0 Å². The molecule has 3 N–H and O–H groups in total. The van der Waals surface area contributed by atoms with Crippen LogP contribution in [0.3, 0.4) is 0 Å². The van der Waals surface area contributed by atoms with Crippen LogP contribution in [-0.4, -0.2) is 25.9 Å². The Morgan fingerprint density at radius 1 is 1.22 bits per heavy atom. The fourth-order valence-corrected chi connectivity index (χ4v) is 2.11. The second-order valence-corrected chi connectivity index (χ2v) is 4.42. The van der Waals surface area contributed by atoms with Crippen molar-refractivity contribution < 1.29 is 14.6 Å². The summed E-state index contributed by atoms with van der Waals surface area (Å²) in [5.41, 5.74) is 9.20. The molecule has 4 heteroatoms. The Hall–Kier alpha value is -1.26. The van der Waals surface area contributed by atoms with E-state index in [1.54, 1.807) is 14.2 Å². The Labute approximate surface area is 109 Å². The third-order valence-corrected chi connectivity index (χ3v) is 3.32. The van der Waals surface area contributed by atoms with E-state index in [-0.39, 0.29) is 12.6 Å². The van der Waals surface area contributed by atoms with Crippen LogP contribution < -0.4 is 15.2 Å². The van der Waals surface area contributed by atoms with Crippen LogP contribution in [-0.2, 0) is 0 Å². The van der Waals surface area contributed by atoms with E-state index in [2.05, 4.69) is 0 Å². The molecule has 0 heterocycles. The van der Waals surface area contributed by atoms with Gasteiger partial charge in [0.2, 0.25) is 0 Å². The maximum Gasteiger partial charge on any atom is 0.127 e. The van der Waals surface area contributed by atoms with Gasteiger partial charge < -0.3 is 20.3 Å². The summed E-state index contributed by atoms with van der Waals surface area (Å²) in [5, 5.41) is 8.88. The highest BCUT2D eigenvalue weighted by atomic mass is 16.5. The van der Waals surface area contributed by atoms with E-state index in [1.807, 2.05) is 19.9 Å². The van der Waals surface area contributed by atoms with Crippen LogP contribution in [0, 0.1) is 13.8 Å². The van der Waals surface area contributed by atoms with Gasteiger partial charge >= 0.3 is 0 Å². The largest absolute Gasteiger partial charge is 0.496 e. The van der Waals surface area contributed by atoms with Crippen LogP contribution >= 0.6 is 0 Å². The topological polar surface area (TPSA) is 64.7 Å². The van der Waals surface area contributed by atoms with Gasteiger partial charge in [-0.3, -0.25) is 0 Å². The average molecular weight is 253 g/mol. The molecule has 0 saturated heterocycles. The van der Waals surface area contributed by atoms with Crippen molar-refractivity contribution in [3.05, 3.63) is 22.8 Å². The summed E-state index contributed by atoms with van der Waals surface area (Å²) in [6.07, 6.45) is 1.40. The first kappa shape index (κ1) is 14.8. The molecular formula is C14H23NO3. The summed E-state index contributed by atoms with van der Waals surface area (Å²) in [4.78, 5) is 0. The third kappa shape index (κ3) is 2.94. The van der Waals surface area contributed by atoms with Gasteiger partial charge in [0.1, 0.15) is 11.5 Å². The van der Waals surface area contributed by atoms with Gasteiger partial charge in [-0.1, -0.05) is 0 Å². The highest BCUT2D eigenvalue weighted by molar-refractivity contribution is 5.53. The molecule has 4 nitrogen and oxygen atoms in total. The Balaban J connectivity index is 3.20. The maximum absolute atomic E-state index is 8.88. The normalized spacial score (nSPS) is 12.3. The van der Waals surface area contributed by atoms with Gasteiger partial charge in [-0.05, 0) is 43.9 Å². The molecule has 0 aliphatic heterocycles. The summed E-state index contributed by atoms with van der Waals surface area (Å²) in [6, 6.07) is 1.78. The lowest BCUT2D eigenvalue weighted by molar-refractivity contribution is 0.279. The smallest absolute Gasteiger partial charge is 0.127 e. The fraction of sp³-hybridized carbons (Fsp3) is 0.571. The molecule has 0 radical (unpaired) electrons. The monoisotopic (exact) mass is 253 g/mol. The van der Waals surface area contributed by atoms with Crippen molar-refractivity contribution in [1.82, 2.24) is 0 Å². The minimum Gasteiger partial charge on any atom is -0.496 e. The molecule has 1 unspecified atom stereocenters. The van der Waals surface area contributed by atoms with Crippen molar-refractivity contribution in [1.29, 1.82) is 0 Å². The van der Waals surface area contributed by atoms with Gasteiger partial charge in [0.05, 0.1) is 14.2 Å². The minimum absolute atomic E-state index is 0.151. The number of methoxy groups -OCH3 is 2. The number of nitrogens with two attached hydrogens (primary N) is 1. The molecule has 1 aromatic carbocycles. The summed E-state index contributed by atoms with van der Waals surface area (Å²) >= 11 is 0. The van der Waals surface area contributed by atoms with Crippen LogP contribution in [0.2, 0.25) is 0 Å². The second kappa shape index (κ2) is 6.61. The maximum atomic E-state index is 8.88. The van der Waals surface area contributed by atoms with Crippen molar-refractivity contribution in [2.45, 2.75) is 32.7 Å². The summed E-state index contributed by atoms with van der Waals surface area (Å²) < 4.78 is 10.8.